The molecule has 1 atom stereocenters. The molecule has 0 amide bonds. The largest absolute Gasteiger partial charge is 0.497 e. The third kappa shape index (κ3) is 2.91. The fourth-order valence-electron chi connectivity index (χ4n) is 2.69. The van der Waals surface area contributed by atoms with Crippen LogP contribution in [-0.4, -0.2) is 32.9 Å². The van der Waals surface area contributed by atoms with Gasteiger partial charge in [-0.2, -0.15) is 9.78 Å². The van der Waals surface area contributed by atoms with Crippen LogP contribution in [-0.2, 0) is 0 Å². The van der Waals surface area contributed by atoms with E-state index in [0.29, 0.717) is 5.82 Å². The first-order chi connectivity index (χ1) is 12.2. The monoisotopic (exact) mass is 354 g/mol. The van der Waals surface area contributed by atoms with E-state index in [-0.39, 0.29) is 11.1 Å². The number of ether oxygens (including phenoxy) is 1. The number of rotatable bonds is 3. The normalized spacial score (nSPS) is 16.3. The highest BCUT2D eigenvalue weighted by atomic mass is 32.2. The van der Waals surface area contributed by atoms with Crippen molar-refractivity contribution in [1.29, 1.82) is 0 Å². The maximum Gasteiger partial charge on any atom is 0.213 e. The van der Waals surface area contributed by atoms with Gasteiger partial charge in [0.05, 0.1) is 18.1 Å². The van der Waals surface area contributed by atoms with E-state index in [1.54, 1.807) is 35.7 Å². The molecule has 0 spiro atoms. The molecule has 0 bridgehead atoms. The third-order valence-electron chi connectivity index (χ3n) is 3.95. The van der Waals surface area contributed by atoms with Crippen molar-refractivity contribution in [3.8, 4) is 17.1 Å². The molecule has 2 heterocycles. The van der Waals surface area contributed by atoms with Crippen molar-refractivity contribution in [3.05, 3.63) is 59.9 Å². The molecule has 0 aliphatic carbocycles. The zero-order valence-electron chi connectivity index (χ0n) is 13.7. The van der Waals surface area contributed by atoms with E-state index < -0.39 is 0 Å². The van der Waals surface area contributed by atoms with Gasteiger partial charge < -0.3 is 4.74 Å². The van der Waals surface area contributed by atoms with E-state index >= 15 is 0 Å². The Morgan fingerprint density at radius 3 is 2.64 bits per heavy atom. The number of fused-ring (bicyclic) bond motifs is 1. The molecule has 0 N–H and O–H groups in total. The first-order valence-corrected chi connectivity index (χ1v) is 8.65. The van der Waals surface area contributed by atoms with Crippen molar-refractivity contribution in [3.63, 3.8) is 0 Å². The van der Waals surface area contributed by atoms with Gasteiger partial charge in [-0.25, -0.2) is 4.39 Å². The van der Waals surface area contributed by atoms with Gasteiger partial charge in [-0.3, -0.25) is 0 Å². The maximum atomic E-state index is 13.2. The molecule has 25 heavy (non-hydrogen) atoms. The van der Waals surface area contributed by atoms with Crippen molar-refractivity contribution in [2.24, 2.45) is 5.10 Å². The summed E-state index contributed by atoms with van der Waals surface area (Å²) in [4.78, 5) is 0. The van der Waals surface area contributed by atoms with Gasteiger partial charge >= 0.3 is 0 Å². The lowest BCUT2D eigenvalue weighted by Crippen LogP contribution is -2.21. The summed E-state index contributed by atoms with van der Waals surface area (Å²) >= 11 is 1.58. The Labute approximate surface area is 148 Å². The zero-order valence-corrected chi connectivity index (χ0v) is 14.5. The molecular weight excluding hydrogens is 339 g/mol. The molecule has 2 aromatic carbocycles. The van der Waals surface area contributed by atoms with Crippen molar-refractivity contribution in [2.75, 3.05) is 7.11 Å². The predicted octanol–water partition coefficient (Wildman–Crippen LogP) is 3.84. The molecule has 126 valence electrons. The zero-order chi connectivity index (χ0) is 17.4. The van der Waals surface area contributed by atoms with Crippen LogP contribution >= 0.6 is 11.8 Å². The molecule has 1 aliphatic heterocycles. The standard InChI is InChI=1S/C18H15FN4OS/c1-11-16(12-6-8-14(19)9-7-12)22-23-17(20-21-18(23)25-11)13-4-3-5-15(10-13)24-2/h3-11H,1-2H3/t11-/m1/s1. The summed E-state index contributed by atoms with van der Waals surface area (Å²) in [5.41, 5.74) is 2.62. The highest BCUT2D eigenvalue weighted by Crippen LogP contribution is 2.33. The Bertz CT molecular complexity index is 952. The van der Waals surface area contributed by atoms with Crippen LogP contribution in [0.5, 0.6) is 5.75 Å². The van der Waals surface area contributed by atoms with Crippen LogP contribution in [0, 0.1) is 5.82 Å². The van der Waals surface area contributed by atoms with Gasteiger partial charge in [0.15, 0.2) is 5.82 Å². The topological polar surface area (TPSA) is 52.3 Å². The second kappa shape index (κ2) is 6.33. The first-order valence-electron chi connectivity index (χ1n) is 7.77. The molecule has 0 unspecified atom stereocenters. The van der Waals surface area contributed by atoms with E-state index in [9.17, 15) is 4.39 Å². The average molecular weight is 354 g/mol. The smallest absolute Gasteiger partial charge is 0.213 e. The highest BCUT2D eigenvalue weighted by Gasteiger charge is 2.26. The summed E-state index contributed by atoms with van der Waals surface area (Å²) in [7, 11) is 1.63. The fraction of sp³-hybridized carbons (Fsp3) is 0.167. The summed E-state index contributed by atoms with van der Waals surface area (Å²) in [6.45, 7) is 2.05. The van der Waals surface area contributed by atoms with E-state index in [4.69, 9.17) is 9.84 Å². The number of hydrogen-bond donors (Lipinski definition) is 0. The maximum absolute atomic E-state index is 13.2. The molecule has 0 saturated heterocycles. The van der Waals surface area contributed by atoms with Gasteiger partial charge in [0.1, 0.15) is 11.6 Å². The molecular formula is C18H15FN4OS. The third-order valence-corrected chi connectivity index (χ3v) is 5.00. The summed E-state index contributed by atoms with van der Waals surface area (Å²) < 4.78 is 20.2. The summed E-state index contributed by atoms with van der Waals surface area (Å²) in [5, 5.41) is 14.1. The Morgan fingerprint density at radius 1 is 1.08 bits per heavy atom. The van der Waals surface area contributed by atoms with Gasteiger partial charge in [0.2, 0.25) is 5.16 Å². The Morgan fingerprint density at radius 2 is 1.88 bits per heavy atom. The van der Waals surface area contributed by atoms with Crippen LogP contribution in [0.1, 0.15) is 12.5 Å². The first kappa shape index (κ1) is 15.8. The number of benzene rings is 2. The number of nitrogens with zero attached hydrogens (tertiary/aromatic N) is 4. The van der Waals surface area contributed by atoms with Gasteiger partial charge in [-0.05, 0) is 36.8 Å². The van der Waals surface area contributed by atoms with Crippen LogP contribution < -0.4 is 4.74 Å². The second-order valence-electron chi connectivity index (χ2n) is 5.60. The quantitative estimate of drug-likeness (QED) is 0.717. The van der Waals surface area contributed by atoms with Gasteiger partial charge in [0.25, 0.3) is 0 Å². The van der Waals surface area contributed by atoms with Crippen LogP contribution in [0.2, 0.25) is 0 Å². The van der Waals surface area contributed by atoms with Crippen molar-refractivity contribution in [2.45, 2.75) is 17.3 Å². The highest BCUT2D eigenvalue weighted by molar-refractivity contribution is 8.00. The number of hydrogen-bond acceptors (Lipinski definition) is 5. The number of halogens is 1. The lowest BCUT2D eigenvalue weighted by molar-refractivity contribution is 0.415. The lowest BCUT2D eigenvalue weighted by Gasteiger charge is -2.20. The number of thioether (sulfide) groups is 1. The molecule has 1 aliphatic rings. The van der Waals surface area contributed by atoms with Crippen LogP contribution in [0.4, 0.5) is 4.39 Å². The average Bonchev–Trinajstić information content (AvgIpc) is 3.04. The molecule has 4 rings (SSSR count). The van der Waals surface area contributed by atoms with Gasteiger partial charge in [0, 0.05) is 5.56 Å². The van der Waals surface area contributed by atoms with E-state index in [1.807, 2.05) is 24.3 Å². The van der Waals surface area contributed by atoms with Crippen molar-refractivity contribution < 1.29 is 9.13 Å². The van der Waals surface area contributed by atoms with Gasteiger partial charge in [-0.15, -0.1) is 10.2 Å². The molecule has 5 nitrogen and oxygen atoms in total. The fourth-order valence-corrected chi connectivity index (χ4v) is 3.61. The predicted molar refractivity (Wildman–Crippen MR) is 95.7 cm³/mol. The minimum atomic E-state index is -0.262. The van der Waals surface area contributed by atoms with Crippen LogP contribution in [0.3, 0.4) is 0 Å². The van der Waals surface area contributed by atoms with E-state index in [2.05, 4.69) is 17.1 Å². The summed E-state index contributed by atoms with van der Waals surface area (Å²) in [5.74, 6) is 1.13. The Kier molecular flexibility index (Phi) is 4.01. The van der Waals surface area contributed by atoms with Crippen LogP contribution in [0.25, 0.3) is 11.4 Å². The molecule has 0 radical (unpaired) electrons. The van der Waals surface area contributed by atoms with E-state index in [1.165, 1.54) is 12.1 Å². The Hall–Kier alpha value is -2.67. The van der Waals surface area contributed by atoms with Crippen molar-refractivity contribution >= 4 is 17.5 Å². The molecule has 0 saturated carbocycles. The molecule has 1 aromatic heterocycles. The molecule has 0 fully saturated rings. The van der Waals surface area contributed by atoms with Crippen LogP contribution in [0.15, 0.2) is 58.8 Å². The minimum absolute atomic E-state index is 0.0975. The Balaban J connectivity index is 1.81. The van der Waals surface area contributed by atoms with Gasteiger partial charge in [-0.1, -0.05) is 36.0 Å². The number of methoxy groups -OCH3 is 1. The SMILES string of the molecule is COc1cccc(-c2nnc3n2N=C(c2ccc(F)cc2)[C@@H](C)S3)c1. The number of aromatic nitrogens is 3. The van der Waals surface area contributed by atoms with Crippen molar-refractivity contribution in [1.82, 2.24) is 14.9 Å². The summed E-state index contributed by atoms with van der Waals surface area (Å²) in [6.07, 6.45) is 0. The van der Waals surface area contributed by atoms with E-state index in [0.717, 1.165) is 27.7 Å². The molecule has 3 aromatic rings. The summed E-state index contributed by atoms with van der Waals surface area (Å²) in [6, 6.07) is 14.0. The molecule has 7 heteroatoms. The second-order valence-corrected chi connectivity index (χ2v) is 6.91. The minimum Gasteiger partial charge on any atom is -0.497 e. The lowest BCUT2D eigenvalue weighted by atomic mass is 10.1.